The summed E-state index contributed by atoms with van der Waals surface area (Å²) in [4.78, 5) is 13.7. The predicted octanol–water partition coefficient (Wildman–Crippen LogP) is 8.29. The van der Waals surface area contributed by atoms with Crippen LogP contribution in [0.2, 0.25) is 0 Å². The number of esters is 1. The van der Waals surface area contributed by atoms with E-state index < -0.39 is 0 Å². The third-order valence-corrected chi connectivity index (χ3v) is 10.3. The third-order valence-electron chi connectivity index (χ3n) is 10.3. The lowest BCUT2D eigenvalue weighted by atomic mass is 9.64. The highest BCUT2D eigenvalue weighted by molar-refractivity contribution is 5.86. The number of ether oxygens (including phenoxy) is 1. The highest BCUT2D eigenvalue weighted by atomic mass is 16.5. The van der Waals surface area contributed by atoms with Gasteiger partial charge in [0, 0.05) is 11.8 Å². The number of hydrogen-bond donors (Lipinski definition) is 0. The van der Waals surface area contributed by atoms with Gasteiger partial charge in [0.1, 0.15) is 6.10 Å². The van der Waals surface area contributed by atoms with Gasteiger partial charge in [0.15, 0.2) is 0 Å². The van der Waals surface area contributed by atoms with Gasteiger partial charge in [-0.2, -0.15) is 0 Å². The van der Waals surface area contributed by atoms with Gasteiger partial charge in [-0.3, -0.25) is 4.79 Å². The normalized spacial score (nSPS) is 34.7. The minimum atomic E-state index is -0.00560. The molecule has 0 spiro atoms. The Labute approximate surface area is 200 Å². The molecule has 0 saturated heterocycles. The lowest BCUT2D eigenvalue weighted by Gasteiger charge is -2.41. The standard InChI is InChI=1S/C31H42O2/c1-5-6-7-12-22-15-10-17-24(22)29(32)33-28-26-19-20-31(4,30(26,2)3)27(28)25-18-11-14-21-13-8-9-16-23(21)25/h8-9,11,13-14,16,18,22,24,26-28H,5-7,10,12,15,17,19-20H2,1-4H3/t22?,24?,26-,27-,28-,31+/m1/s1. The first-order valence-corrected chi connectivity index (χ1v) is 13.6. The zero-order valence-corrected chi connectivity index (χ0v) is 21.1. The Morgan fingerprint density at radius 2 is 1.79 bits per heavy atom. The van der Waals surface area contributed by atoms with Crippen LogP contribution in [0.15, 0.2) is 42.5 Å². The molecule has 178 valence electrons. The van der Waals surface area contributed by atoms with Crippen LogP contribution in [0.25, 0.3) is 10.8 Å². The average molecular weight is 447 g/mol. The maximum atomic E-state index is 13.7. The van der Waals surface area contributed by atoms with Gasteiger partial charge < -0.3 is 4.74 Å². The molecule has 2 unspecified atom stereocenters. The summed E-state index contributed by atoms with van der Waals surface area (Å²) < 4.78 is 6.64. The molecule has 3 aliphatic carbocycles. The summed E-state index contributed by atoms with van der Waals surface area (Å²) in [5, 5.41) is 2.62. The zero-order valence-electron chi connectivity index (χ0n) is 21.1. The molecule has 3 fully saturated rings. The zero-order chi connectivity index (χ0) is 23.2. The van der Waals surface area contributed by atoms with Gasteiger partial charge in [0.25, 0.3) is 0 Å². The summed E-state index contributed by atoms with van der Waals surface area (Å²) in [7, 11) is 0. The summed E-state index contributed by atoms with van der Waals surface area (Å²) >= 11 is 0. The van der Waals surface area contributed by atoms with E-state index in [-0.39, 0.29) is 34.7 Å². The molecule has 2 bridgehead atoms. The van der Waals surface area contributed by atoms with E-state index in [2.05, 4.69) is 70.2 Å². The van der Waals surface area contributed by atoms with Crippen LogP contribution in [-0.4, -0.2) is 12.1 Å². The SMILES string of the molecule is CCCCCC1CCCC1C(=O)O[C@@H]1[C@H]2CC[C@@](C)([C@@H]1c1cccc3ccccc13)C2(C)C. The van der Waals surface area contributed by atoms with Crippen molar-refractivity contribution >= 4 is 16.7 Å². The smallest absolute Gasteiger partial charge is 0.309 e. The Balaban J connectivity index is 1.46. The van der Waals surface area contributed by atoms with E-state index in [1.54, 1.807) is 0 Å². The molecule has 2 heteroatoms. The van der Waals surface area contributed by atoms with E-state index in [0.717, 1.165) is 6.42 Å². The van der Waals surface area contributed by atoms with Gasteiger partial charge in [-0.1, -0.05) is 95.8 Å². The van der Waals surface area contributed by atoms with Crippen molar-refractivity contribution in [1.82, 2.24) is 0 Å². The first-order chi connectivity index (χ1) is 15.9. The van der Waals surface area contributed by atoms with Crippen LogP contribution in [0.4, 0.5) is 0 Å². The van der Waals surface area contributed by atoms with E-state index in [9.17, 15) is 4.79 Å². The third kappa shape index (κ3) is 3.63. The quantitative estimate of drug-likeness (QED) is 0.316. The predicted molar refractivity (Wildman–Crippen MR) is 136 cm³/mol. The molecule has 5 rings (SSSR count). The molecule has 0 heterocycles. The monoisotopic (exact) mass is 446 g/mol. The van der Waals surface area contributed by atoms with Crippen molar-refractivity contribution in [2.24, 2.45) is 28.6 Å². The van der Waals surface area contributed by atoms with E-state index in [1.807, 2.05) is 0 Å². The van der Waals surface area contributed by atoms with Crippen LogP contribution < -0.4 is 0 Å². The molecule has 0 radical (unpaired) electrons. The molecule has 2 nitrogen and oxygen atoms in total. The molecule has 6 atom stereocenters. The molecule has 3 aliphatic rings. The maximum absolute atomic E-state index is 13.7. The first kappa shape index (κ1) is 22.9. The first-order valence-electron chi connectivity index (χ1n) is 13.6. The minimum Gasteiger partial charge on any atom is -0.461 e. The second kappa shape index (κ2) is 8.75. The number of carbonyl (C=O) groups excluding carboxylic acids is 1. The van der Waals surface area contributed by atoms with Crippen LogP contribution in [0.1, 0.15) is 97.0 Å². The molecule has 0 amide bonds. The molecule has 2 aromatic rings. The van der Waals surface area contributed by atoms with Crippen LogP contribution in [-0.2, 0) is 9.53 Å². The molecule has 2 aromatic carbocycles. The fourth-order valence-electron chi connectivity index (χ4n) is 8.05. The van der Waals surface area contributed by atoms with Crippen molar-refractivity contribution in [1.29, 1.82) is 0 Å². The highest BCUT2D eigenvalue weighted by Crippen LogP contribution is 2.72. The van der Waals surface area contributed by atoms with Crippen molar-refractivity contribution in [3.8, 4) is 0 Å². The van der Waals surface area contributed by atoms with Gasteiger partial charge >= 0.3 is 5.97 Å². The molecule has 0 aliphatic heterocycles. The van der Waals surface area contributed by atoms with Crippen molar-refractivity contribution in [3.63, 3.8) is 0 Å². The number of unbranched alkanes of at least 4 members (excludes halogenated alkanes) is 2. The fraction of sp³-hybridized carbons (Fsp3) is 0.645. The lowest BCUT2D eigenvalue weighted by molar-refractivity contribution is -0.160. The van der Waals surface area contributed by atoms with Crippen molar-refractivity contribution in [2.45, 2.75) is 97.5 Å². The second-order valence-electron chi connectivity index (χ2n) is 12.0. The number of benzene rings is 2. The Morgan fingerprint density at radius 1 is 1.00 bits per heavy atom. The topological polar surface area (TPSA) is 26.3 Å². The molecule has 3 saturated carbocycles. The van der Waals surface area contributed by atoms with Crippen molar-refractivity contribution in [2.75, 3.05) is 0 Å². The van der Waals surface area contributed by atoms with E-state index >= 15 is 0 Å². The number of fused-ring (bicyclic) bond motifs is 3. The van der Waals surface area contributed by atoms with Crippen LogP contribution in [0, 0.1) is 28.6 Å². The molecule has 0 aromatic heterocycles. The van der Waals surface area contributed by atoms with Gasteiger partial charge in [-0.15, -0.1) is 0 Å². The average Bonchev–Trinajstić information content (AvgIpc) is 3.40. The number of carbonyl (C=O) groups is 1. The van der Waals surface area contributed by atoms with Crippen molar-refractivity contribution < 1.29 is 9.53 Å². The van der Waals surface area contributed by atoms with Crippen molar-refractivity contribution in [3.05, 3.63) is 48.0 Å². The highest BCUT2D eigenvalue weighted by Gasteiger charge is 2.68. The summed E-state index contributed by atoms with van der Waals surface area (Å²) in [6.07, 6.45) is 10.8. The van der Waals surface area contributed by atoms with Gasteiger partial charge in [-0.25, -0.2) is 0 Å². The summed E-state index contributed by atoms with van der Waals surface area (Å²) in [6, 6.07) is 15.4. The number of rotatable bonds is 7. The van der Waals surface area contributed by atoms with Crippen LogP contribution in [0.5, 0.6) is 0 Å². The molecule has 0 N–H and O–H groups in total. The van der Waals surface area contributed by atoms with Crippen LogP contribution in [0.3, 0.4) is 0 Å². The summed E-state index contributed by atoms with van der Waals surface area (Å²) in [5.41, 5.74) is 1.69. The minimum absolute atomic E-state index is 0.00560. The van der Waals surface area contributed by atoms with E-state index in [4.69, 9.17) is 4.74 Å². The number of hydrogen-bond acceptors (Lipinski definition) is 2. The molecular weight excluding hydrogens is 404 g/mol. The largest absolute Gasteiger partial charge is 0.461 e. The van der Waals surface area contributed by atoms with Crippen LogP contribution >= 0.6 is 0 Å². The Hall–Kier alpha value is -1.83. The van der Waals surface area contributed by atoms with E-state index in [0.29, 0.717) is 11.8 Å². The Kier molecular flexibility index (Phi) is 6.08. The summed E-state index contributed by atoms with van der Waals surface area (Å²) in [6.45, 7) is 9.58. The fourth-order valence-corrected chi connectivity index (χ4v) is 8.05. The molecular formula is C31H42O2. The van der Waals surface area contributed by atoms with E-state index in [1.165, 1.54) is 67.7 Å². The second-order valence-corrected chi connectivity index (χ2v) is 12.0. The van der Waals surface area contributed by atoms with Gasteiger partial charge in [-0.05, 0) is 65.2 Å². The summed E-state index contributed by atoms with van der Waals surface area (Å²) in [5.74, 6) is 1.46. The lowest BCUT2D eigenvalue weighted by Crippen LogP contribution is -2.37. The maximum Gasteiger partial charge on any atom is 0.309 e. The Bertz CT molecular complexity index is 1000. The molecule has 33 heavy (non-hydrogen) atoms. The Morgan fingerprint density at radius 3 is 2.61 bits per heavy atom. The van der Waals surface area contributed by atoms with Gasteiger partial charge in [0.05, 0.1) is 5.92 Å². The van der Waals surface area contributed by atoms with Gasteiger partial charge in [0.2, 0.25) is 0 Å².